The number of hydrogen-bond acceptors (Lipinski definition) is 8. The Hall–Kier alpha value is -2.62. The van der Waals surface area contributed by atoms with Crippen LogP contribution in [-0.2, 0) is 14.7 Å². The molecule has 2 aliphatic rings. The molecule has 1 atom stereocenters. The van der Waals surface area contributed by atoms with Crippen LogP contribution in [-0.4, -0.2) is 51.1 Å². The van der Waals surface area contributed by atoms with Gasteiger partial charge in [-0.15, -0.1) is 5.48 Å². The maximum Gasteiger partial charge on any atom is 0.305 e. The van der Waals surface area contributed by atoms with E-state index in [0.29, 0.717) is 17.4 Å². The number of piperidine rings is 1. The molecule has 0 amide bonds. The van der Waals surface area contributed by atoms with Crippen LogP contribution in [0.1, 0.15) is 19.8 Å². The fraction of sp³-hybridized carbons (Fsp3) is 0.409. The summed E-state index contributed by atoms with van der Waals surface area (Å²) >= 11 is 0. The number of ether oxygens (including phenoxy) is 1. The first kappa shape index (κ1) is 21.6. The molecule has 0 bridgehead atoms. The van der Waals surface area contributed by atoms with Gasteiger partial charge in [0.05, 0.1) is 11.5 Å². The van der Waals surface area contributed by atoms with E-state index >= 15 is 0 Å². The van der Waals surface area contributed by atoms with E-state index in [1.165, 1.54) is 6.26 Å². The SMILES string of the molecule is CC1(N2CCC(COc3ccc(-c4ccc(S(C)(=O)=O)cc4)cc3)CC2)N=C(N)ON1. The minimum absolute atomic E-state index is 0.169. The predicted molar refractivity (Wildman–Crippen MR) is 119 cm³/mol. The molecule has 0 aliphatic carbocycles. The highest BCUT2D eigenvalue weighted by molar-refractivity contribution is 7.90. The van der Waals surface area contributed by atoms with Crippen molar-refractivity contribution < 1.29 is 18.0 Å². The number of nitrogens with two attached hydrogens (primary N) is 1. The van der Waals surface area contributed by atoms with Crippen molar-refractivity contribution in [1.29, 1.82) is 0 Å². The summed E-state index contributed by atoms with van der Waals surface area (Å²) in [6.45, 7) is 4.41. The number of amidine groups is 1. The lowest BCUT2D eigenvalue weighted by Gasteiger charge is -2.39. The zero-order valence-corrected chi connectivity index (χ0v) is 18.6. The molecule has 0 spiro atoms. The summed E-state index contributed by atoms with van der Waals surface area (Å²) in [6.07, 6.45) is 3.23. The average Bonchev–Trinajstić information content (AvgIpc) is 3.12. The third-order valence-corrected chi connectivity index (χ3v) is 6.99. The van der Waals surface area contributed by atoms with Crippen molar-refractivity contribution in [3.05, 3.63) is 48.5 Å². The van der Waals surface area contributed by atoms with Crippen LogP contribution in [0.4, 0.5) is 0 Å². The van der Waals surface area contributed by atoms with Gasteiger partial charge in [-0.3, -0.25) is 4.90 Å². The van der Waals surface area contributed by atoms with Crippen molar-refractivity contribution in [3.63, 3.8) is 0 Å². The van der Waals surface area contributed by atoms with E-state index in [9.17, 15) is 8.42 Å². The number of hydroxylamine groups is 1. The Labute approximate surface area is 182 Å². The topological polar surface area (TPSA) is 106 Å². The van der Waals surface area contributed by atoms with Crippen LogP contribution in [0.25, 0.3) is 11.1 Å². The molecule has 1 fully saturated rings. The second-order valence-electron chi connectivity index (χ2n) is 8.24. The van der Waals surface area contributed by atoms with Gasteiger partial charge in [0.2, 0.25) is 5.79 Å². The smallest absolute Gasteiger partial charge is 0.305 e. The van der Waals surface area contributed by atoms with Gasteiger partial charge in [-0.25, -0.2) is 8.42 Å². The molecule has 0 radical (unpaired) electrons. The molecule has 8 nitrogen and oxygen atoms in total. The molecule has 2 heterocycles. The van der Waals surface area contributed by atoms with Crippen LogP contribution in [0, 0.1) is 5.92 Å². The van der Waals surface area contributed by atoms with Gasteiger partial charge >= 0.3 is 6.02 Å². The average molecular weight is 445 g/mol. The third-order valence-electron chi connectivity index (χ3n) is 5.86. The summed E-state index contributed by atoms with van der Waals surface area (Å²) < 4.78 is 29.2. The molecule has 0 saturated carbocycles. The second-order valence-corrected chi connectivity index (χ2v) is 10.3. The molecule has 2 aromatic carbocycles. The molecule has 9 heteroatoms. The van der Waals surface area contributed by atoms with Crippen LogP contribution in [0.15, 0.2) is 58.4 Å². The third kappa shape index (κ3) is 5.00. The van der Waals surface area contributed by atoms with E-state index in [4.69, 9.17) is 15.3 Å². The van der Waals surface area contributed by atoms with Crippen molar-refractivity contribution in [2.45, 2.75) is 30.4 Å². The van der Waals surface area contributed by atoms with Gasteiger partial charge in [0.15, 0.2) is 9.84 Å². The number of rotatable bonds is 6. The lowest BCUT2D eigenvalue weighted by Crippen LogP contribution is -2.55. The monoisotopic (exact) mass is 444 g/mol. The van der Waals surface area contributed by atoms with Crippen LogP contribution in [0.5, 0.6) is 5.75 Å². The Bertz CT molecular complexity index is 1050. The molecule has 3 N–H and O–H groups in total. The number of hydrogen-bond donors (Lipinski definition) is 2. The summed E-state index contributed by atoms with van der Waals surface area (Å²) in [4.78, 5) is 12.0. The number of likely N-dealkylation sites (tertiary alicyclic amines) is 1. The van der Waals surface area contributed by atoms with Crippen LogP contribution < -0.4 is 16.0 Å². The van der Waals surface area contributed by atoms with Gasteiger partial charge in [0, 0.05) is 19.3 Å². The standard InChI is InChI=1S/C22H28N4O4S/c1-22(24-21(23)30-25-22)26-13-11-16(12-14-26)15-29-19-7-3-17(4-8-19)18-5-9-20(10-6-18)31(2,27)28/h3-10,16,25H,11-15H2,1-2H3,(H2,23,24). The zero-order valence-electron chi connectivity index (χ0n) is 17.7. The summed E-state index contributed by atoms with van der Waals surface area (Å²) in [7, 11) is -3.19. The number of nitrogens with one attached hydrogen (secondary N) is 1. The maximum absolute atomic E-state index is 11.6. The molecule has 2 aromatic rings. The molecule has 0 aromatic heterocycles. The molecule has 2 aliphatic heterocycles. The molecular weight excluding hydrogens is 416 g/mol. The molecule has 166 valence electrons. The van der Waals surface area contributed by atoms with Gasteiger partial charge in [-0.2, -0.15) is 4.99 Å². The van der Waals surface area contributed by atoms with E-state index in [0.717, 1.165) is 42.8 Å². The van der Waals surface area contributed by atoms with Crippen molar-refractivity contribution in [2.24, 2.45) is 16.6 Å². The largest absolute Gasteiger partial charge is 0.493 e. The Morgan fingerprint density at radius 1 is 1.13 bits per heavy atom. The molecule has 31 heavy (non-hydrogen) atoms. The van der Waals surface area contributed by atoms with Gasteiger partial charge in [-0.1, -0.05) is 24.3 Å². The van der Waals surface area contributed by atoms with Gasteiger partial charge < -0.3 is 15.3 Å². The van der Waals surface area contributed by atoms with Crippen molar-refractivity contribution in [1.82, 2.24) is 10.4 Å². The molecular formula is C22H28N4O4S. The van der Waals surface area contributed by atoms with Crippen molar-refractivity contribution in [2.75, 3.05) is 26.0 Å². The second kappa shape index (κ2) is 8.49. The lowest BCUT2D eigenvalue weighted by molar-refractivity contribution is -0.0196. The Kier molecular flexibility index (Phi) is 5.92. The maximum atomic E-state index is 11.6. The van der Waals surface area contributed by atoms with Gasteiger partial charge in [0.1, 0.15) is 5.75 Å². The number of nitrogens with zero attached hydrogens (tertiary/aromatic N) is 2. The van der Waals surface area contributed by atoms with E-state index in [1.807, 2.05) is 43.3 Å². The molecule has 1 unspecified atom stereocenters. The van der Waals surface area contributed by atoms with Crippen LogP contribution >= 0.6 is 0 Å². The van der Waals surface area contributed by atoms with E-state index in [1.54, 1.807) is 12.1 Å². The van der Waals surface area contributed by atoms with Gasteiger partial charge in [0.25, 0.3) is 0 Å². The fourth-order valence-corrected chi connectivity index (χ4v) is 4.56. The van der Waals surface area contributed by atoms with Gasteiger partial charge in [-0.05, 0) is 61.1 Å². The van der Waals surface area contributed by atoms with Crippen molar-refractivity contribution >= 4 is 15.9 Å². The number of aliphatic imine (C=N–C) groups is 1. The first-order chi connectivity index (χ1) is 14.7. The Morgan fingerprint density at radius 3 is 2.23 bits per heavy atom. The molecule has 1 saturated heterocycles. The predicted octanol–water partition coefficient (Wildman–Crippen LogP) is 2.37. The van der Waals surface area contributed by atoms with E-state index in [2.05, 4.69) is 15.4 Å². The first-order valence-electron chi connectivity index (χ1n) is 10.3. The normalized spacial score (nSPS) is 22.7. The number of sulfone groups is 1. The van der Waals surface area contributed by atoms with Crippen molar-refractivity contribution in [3.8, 4) is 16.9 Å². The Morgan fingerprint density at radius 2 is 1.71 bits per heavy atom. The minimum Gasteiger partial charge on any atom is -0.493 e. The fourth-order valence-electron chi connectivity index (χ4n) is 3.93. The highest BCUT2D eigenvalue weighted by Gasteiger charge is 2.39. The van der Waals surface area contributed by atoms with E-state index < -0.39 is 15.6 Å². The highest BCUT2D eigenvalue weighted by atomic mass is 32.2. The van der Waals surface area contributed by atoms with Crippen LogP contribution in [0.2, 0.25) is 0 Å². The summed E-state index contributed by atoms with van der Waals surface area (Å²) in [5.41, 5.74) is 10.5. The molecule has 4 rings (SSSR count). The summed E-state index contributed by atoms with van der Waals surface area (Å²) in [6, 6.07) is 15.0. The lowest BCUT2D eigenvalue weighted by atomic mass is 9.97. The quantitative estimate of drug-likeness (QED) is 0.704. The first-order valence-corrected chi connectivity index (χ1v) is 12.2. The zero-order chi connectivity index (χ0) is 22.1. The number of benzene rings is 2. The Balaban J connectivity index is 1.28. The summed E-state index contributed by atoms with van der Waals surface area (Å²) in [5, 5.41) is 0. The van der Waals surface area contributed by atoms with E-state index in [-0.39, 0.29) is 6.02 Å². The van der Waals surface area contributed by atoms with Crippen LogP contribution in [0.3, 0.4) is 0 Å². The minimum atomic E-state index is -3.19. The highest BCUT2D eigenvalue weighted by Crippen LogP contribution is 2.27. The summed E-state index contributed by atoms with van der Waals surface area (Å²) in [5.74, 6) is 0.714.